The first kappa shape index (κ1) is 27.0. The lowest BCUT2D eigenvalue weighted by Gasteiger charge is -2.41. The second-order valence-electron chi connectivity index (χ2n) is 10.4. The van der Waals surface area contributed by atoms with Crippen LogP contribution in [0, 0.1) is 11.4 Å². The van der Waals surface area contributed by atoms with Crippen molar-refractivity contribution in [3.8, 4) is 11.1 Å². The molecule has 190 valence electrons. The Morgan fingerprint density at radius 3 is 2.51 bits per heavy atom. The van der Waals surface area contributed by atoms with E-state index < -0.39 is 23.6 Å². The monoisotopic (exact) mass is 505 g/mol. The minimum Gasteiger partial charge on any atom is -0.464 e. The number of carbonyl (C=O) groups is 2. The molecule has 1 aliphatic heterocycles. The number of aromatic nitrogens is 2. The number of carbonyl (C=O) groups excluding carboxylic acids is 2. The quantitative estimate of drug-likeness (QED) is 0.267. The van der Waals surface area contributed by atoms with Crippen LogP contribution in [0.4, 0.5) is 10.1 Å². The Hall–Kier alpha value is -2.58. The molecule has 3 heterocycles. The number of aldehydes is 1. The summed E-state index contributed by atoms with van der Waals surface area (Å²) in [5.74, 6) is -1.31. The second-order valence-corrected chi connectivity index (χ2v) is 10.8. The van der Waals surface area contributed by atoms with E-state index in [-0.39, 0.29) is 22.9 Å². The fraction of sp³-hybridized carbons (Fsp3) is 0.538. The van der Waals surface area contributed by atoms with E-state index in [0.717, 1.165) is 12.8 Å². The van der Waals surface area contributed by atoms with Crippen LogP contribution < -0.4 is 4.90 Å². The SMILES string of the molecule is CCOC(=O)[C@@H](OC(C)(C)C)c1c(Cl)nc(C=O)c(-c2ccnc(F)c2)c1N1CCC(C)(C)CC1. The van der Waals surface area contributed by atoms with Gasteiger partial charge in [-0.15, -0.1) is 0 Å². The highest BCUT2D eigenvalue weighted by Gasteiger charge is 2.38. The molecule has 0 unspecified atom stereocenters. The van der Waals surface area contributed by atoms with Crippen molar-refractivity contribution in [1.29, 1.82) is 0 Å². The molecule has 1 fully saturated rings. The van der Waals surface area contributed by atoms with Gasteiger partial charge in [0, 0.05) is 30.9 Å². The second kappa shape index (κ2) is 10.6. The summed E-state index contributed by atoms with van der Waals surface area (Å²) in [7, 11) is 0. The molecule has 0 spiro atoms. The zero-order valence-electron chi connectivity index (χ0n) is 21.2. The van der Waals surface area contributed by atoms with E-state index in [9.17, 15) is 14.0 Å². The van der Waals surface area contributed by atoms with E-state index in [2.05, 4.69) is 28.7 Å². The predicted molar refractivity (Wildman–Crippen MR) is 133 cm³/mol. The summed E-state index contributed by atoms with van der Waals surface area (Å²) in [6.07, 6.45) is 2.45. The summed E-state index contributed by atoms with van der Waals surface area (Å²) in [6.45, 7) is 13.0. The summed E-state index contributed by atoms with van der Waals surface area (Å²) < 4.78 is 25.7. The van der Waals surface area contributed by atoms with E-state index in [1.54, 1.807) is 13.0 Å². The largest absolute Gasteiger partial charge is 0.464 e. The smallest absolute Gasteiger partial charge is 0.340 e. The molecule has 0 N–H and O–H groups in total. The van der Waals surface area contributed by atoms with Gasteiger partial charge in [-0.2, -0.15) is 4.39 Å². The lowest BCUT2D eigenvalue weighted by molar-refractivity contribution is -0.166. The molecule has 35 heavy (non-hydrogen) atoms. The molecule has 9 heteroatoms. The molecule has 1 atom stereocenters. The lowest BCUT2D eigenvalue weighted by Crippen LogP contribution is -2.39. The van der Waals surface area contributed by atoms with Crippen LogP contribution in [-0.2, 0) is 14.3 Å². The average Bonchev–Trinajstić information content (AvgIpc) is 2.76. The van der Waals surface area contributed by atoms with Gasteiger partial charge in [0.05, 0.1) is 23.5 Å². The van der Waals surface area contributed by atoms with Gasteiger partial charge < -0.3 is 14.4 Å². The number of rotatable bonds is 7. The molecule has 0 saturated carbocycles. The fourth-order valence-electron chi connectivity index (χ4n) is 4.20. The number of hydrogen-bond acceptors (Lipinski definition) is 7. The predicted octanol–water partition coefficient (Wildman–Crippen LogP) is 5.79. The van der Waals surface area contributed by atoms with Crippen molar-refractivity contribution >= 4 is 29.5 Å². The molecule has 1 aliphatic rings. The maximum Gasteiger partial charge on any atom is 0.340 e. The van der Waals surface area contributed by atoms with Crippen molar-refractivity contribution in [2.45, 2.75) is 66.1 Å². The summed E-state index contributed by atoms with van der Waals surface area (Å²) in [4.78, 5) is 35.4. The molecular formula is C26H33ClFN3O4. The number of esters is 1. The van der Waals surface area contributed by atoms with Gasteiger partial charge in [0.1, 0.15) is 10.8 Å². The molecule has 1 saturated heterocycles. The average molecular weight is 506 g/mol. The zero-order chi connectivity index (χ0) is 26.0. The van der Waals surface area contributed by atoms with Crippen molar-refractivity contribution < 1.29 is 23.5 Å². The topological polar surface area (TPSA) is 81.6 Å². The molecule has 0 aliphatic carbocycles. The molecule has 0 radical (unpaired) electrons. The van der Waals surface area contributed by atoms with Crippen molar-refractivity contribution in [3.05, 3.63) is 40.7 Å². The van der Waals surface area contributed by atoms with Gasteiger partial charge in [0.2, 0.25) is 5.95 Å². The number of piperidine rings is 1. The number of halogens is 2. The normalized spacial score (nSPS) is 16.6. The lowest BCUT2D eigenvalue weighted by atomic mass is 9.82. The van der Waals surface area contributed by atoms with Crippen molar-refractivity contribution in [2.24, 2.45) is 5.41 Å². The van der Waals surface area contributed by atoms with Gasteiger partial charge in [-0.05, 0) is 57.6 Å². The first-order chi connectivity index (χ1) is 16.4. The Morgan fingerprint density at radius 1 is 1.31 bits per heavy atom. The van der Waals surface area contributed by atoms with Crippen molar-refractivity contribution in [3.63, 3.8) is 0 Å². The molecular weight excluding hydrogens is 473 g/mol. The van der Waals surface area contributed by atoms with E-state index in [1.165, 1.54) is 12.3 Å². The summed E-state index contributed by atoms with van der Waals surface area (Å²) in [6, 6.07) is 2.84. The van der Waals surface area contributed by atoms with Crippen LogP contribution in [-0.4, -0.2) is 47.5 Å². The number of hydrogen-bond donors (Lipinski definition) is 0. The third kappa shape index (κ3) is 6.35. The van der Waals surface area contributed by atoms with Crippen LogP contribution in [0.2, 0.25) is 5.15 Å². The first-order valence-electron chi connectivity index (χ1n) is 11.8. The minimum atomic E-state index is -1.20. The molecule has 0 aromatic carbocycles. The zero-order valence-corrected chi connectivity index (χ0v) is 21.9. The Kier molecular flexibility index (Phi) is 8.17. The van der Waals surface area contributed by atoms with Gasteiger partial charge in [0.25, 0.3) is 0 Å². The van der Waals surface area contributed by atoms with Crippen LogP contribution in [0.3, 0.4) is 0 Å². The fourth-order valence-corrected chi connectivity index (χ4v) is 4.48. The number of pyridine rings is 2. The van der Waals surface area contributed by atoms with Gasteiger partial charge in [-0.25, -0.2) is 14.8 Å². The van der Waals surface area contributed by atoms with Gasteiger partial charge in [0.15, 0.2) is 12.4 Å². The molecule has 0 amide bonds. The highest BCUT2D eigenvalue weighted by atomic mass is 35.5. The third-order valence-corrected chi connectivity index (χ3v) is 6.27. The number of anilines is 1. The minimum absolute atomic E-state index is 0.0347. The number of nitrogens with zero attached hydrogens (tertiary/aromatic N) is 3. The van der Waals surface area contributed by atoms with Crippen molar-refractivity contribution in [2.75, 3.05) is 24.6 Å². The van der Waals surface area contributed by atoms with E-state index in [1.807, 2.05) is 20.8 Å². The third-order valence-electron chi connectivity index (χ3n) is 5.98. The highest BCUT2D eigenvalue weighted by molar-refractivity contribution is 6.31. The van der Waals surface area contributed by atoms with Crippen LogP contribution in [0.15, 0.2) is 18.3 Å². The Labute approximate surface area is 211 Å². The molecule has 3 rings (SSSR count). The summed E-state index contributed by atoms with van der Waals surface area (Å²) in [5.41, 5.74) is 1.06. The van der Waals surface area contributed by atoms with E-state index >= 15 is 0 Å². The maximum atomic E-state index is 14.2. The van der Waals surface area contributed by atoms with Crippen LogP contribution in [0.5, 0.6) is 0 Å². The van der Waals surface area contributed by atoms with E-state index in [0.29, 0.717) is 41.8 Å². The Morgan fingerprint density at radius 2 is 1.97 bits per heavy atom. The van der Waals surface area contributed by atoms with Crippen LogP contribution >= 0.6 is 11.6 Å². The van der Waals surface area contributed by atoms with Crippen LogP contribution in [0.1, 0.15) is 76.5 Å². The van der Waals surface area contributed by atoms with E-state index in [4.69, 9.17) is 21.1 Å². The Balaban J connectivity index is 2.36. The van der Waals surface area contributed by atoms with Crippen molar-refractivity contribution in [1.82, 2.24) is 9.97 Å². The highest BCUT2D eigenvalue weighted by Crippen LogP contribution is 2.46. The molecule has 2 aromatic heterocycles. The number of ether oxygens (including phenoxy) is 2. The van der Waals surface area contributed by atoms with Crippen LogP contribution in [0.25, 0.3) is 11.1 Å². The first-order valence-corrected chi connectivity index (χ1v) is 12.1. The van der Waals surface area contributed by atoms with Gasteiger partial charge in [-0.1, -0.05) is 25.4 Å². The Bertz CT molecular complexity index is 1090. The molecule has 0 bridgehead atoms. The van der Waals surface area contributed by atoms with Gasteiger partial charge in [-0.3, -0.25) is 4.79 Å². The summed E-state index contributed by atoms with van der Waals surface area (Å²) in [5, 5.41) is -0.0347. The maximum absolute atomic E-state index is 14.2. The van der Waals surface area contributed by atoms with Gasteiger partial charge >= 0.3 is 5.97 Å². The molecule has 2 aromatic rings. The molecule has 7 nitrogen and oxygen atoms in total. The summed E-state index contributed by atoms with van der Waals surface area (Å²) >= 11 is 6.68. The standard InChI is InChI=1S/C26H33ClFN3O4/c1-7-34-24(33)22(35-25(2,3)4)20-21(31-12-9-26(5,6)10-13-31)19(17(15-32)30-23(20)27)16-8-11-29-18(28)14-16/h8,11,14-15,22H,7,9-10,12-13H2,1-6H3/t22-/m0/s1.